The Labute approximate surface area is 118 Å². The summed E-state index contributed by atoms with van der Waals surface area (Å²) in [5, 5.41) is 3.30. The van der Waals surface area contributed by atoms with Crippen LogP contribution in [0, 0.1) is 0 Å². The molecule has 0 spiro atoms. The number of ketones is 1. The number of Topliss-reactive ketones (excluding diaryl/α,β-unsaturated/α-hetero) is 1. The van der Waals surface area contributed by atoms with Crippen molar-refractivity contribution in [1.29, 1.82) is 0 Å². The van der Waals surface area contributed by atoms with Gasteiger partial charge in [-0.2, -0.15) is 0 Å². The van der Waals surface area contributed by atoms with Crippen molar-refractivity contribution in [2.75, 3.05) is 12.4 Å². The Bertz CT molecular complexity index is 611. The number of carbonyl (C=O) groups is 1. The van der Waals surface area contributed by atoms with Crippen molar-refractivity contribution >= 4 is 11.5 Å². The number of fused-ring (bicyclic) bond motifs is 1. The Morgan fingerprint density at radius 1 is 1.25 bits per heavy atom. The number of hydrogen-bond donors (Lipinski definition) is 1. The van der Waals surface area contributed by atoms with Gasteiger partial charge in [-0.15, -0.1) is 0 Å². The molecule has 1 aliphatic heterocycles. The Balaban J connectivity index is 1.69. The Morgan fingerprint density at radius 3 is 2.90 bits per heavy atom. The van der Waals surface area contributed by atoms with Crippen LogP contribution in [-0.2, 0) is 17.6 Å². The fourth-order valence-corrected chi connectivity index (χ4v) is 2.60. The van der Waals surface area contributed by atoms with E-state index < -0.39 is 0 Å². The number of hydrogen-bond acceptors (Lipinski definition) is 3. The van der Waals surface area contributed by atoms with Gasteiger partial charge in [-0.05, 0) is 29.3 Å². The van der Waals surface area contributed by atoms with Crippen LogP contribution in [0.2, 0.25) is 0 Å². The van der Waals surface area contributed by atoms with Crippen LogP contribution in [0.1, 0.15) is 11.1 Å². The number of benzene rings is 2. The third-order valence-electron chi connectivity index (χ3n) is 3.67. The van der Waals surface area contributed by atoms with Gasteiger partial charge in [0.15, 0.2) is 5.78 Å². The first-order valence-electron chi connectivity index (χ1n) is 6.76. The highest BCUT2D eigenvalue weighted by atomic mass is 16.5. The van der Waals surface area contributed by atoms with Gasteiger partial charge in [0.2, 0.25) is 0 Å². The second-order valence-corrected chi connectivity index (χ2v) is 5.05. The van der Waals surface area contributed by atoms with Crippen molar-refractivity contribution in [2.24, 2.45) is 0 Å². The molecule has 1 heterocycles. The first-order chi connectivity index (χ1) is 9.76. The summed E-state index contributed by atoms with van der Waals surface area (Å²) in [5.41, 5.74) is 3.29. The molecule has 3 nitrogen and oxygen atoms in total. The molecule has 1 N–H and O–H groups in total. The number of para-hydroxylation sites is 1. The fourth-order valence-electron chi connectivity index (χ4n) is 2.60. The molecule has 20 heavy (non-hydrogen) atoms. The molecular formula is C17H17NO2. The molecule has 3 rings (SSSR count). The Morgan fingerprint density at radius 2 is 2.10 bits per heavy atom. The van der Waals surface area contributed by atoms with Crippen molar-refractivity contribution in [3.63, 3.8) is 0 Å². The third kappa shape index (κ3) is 2.52. The topological polar surface area (TPSA) is 38.3 Å². The molecule has 102 valence electrons. The highest BCUT2D eigenvalue weighted by Gasteiger charge is 2.25. The van der Waals surface area contributed by atoms with E-state index in [9.17, 15) is 4.79 Å². The number of rotatable bonds is 4. The van der Waals surface area contributed by atoms with Gasteiger partial charge >= 0.3 is 0 Å². The summed E-state index contributed by atoms with van der Waals surface area (Å²) in [6.07, 6.45) is 1.21. The molecule has 3 heteroatoms. The van der Waals surface area contributed by atoms with Crippen molar-refractivity contribution in [2.45, 2.75) is 18.9 Å². The lowest BCUT2D eigenvalue weighted by atomic mass is 10.0. The molecule has 1 aliphatic rings. The quantitative estimate of drug-likeness (QED) is 0.925. The van der Waals surface area contributed by atoms with Crippen LogP contribution in [0.5, 0.6) is 5.75 Å². The summed E-state index contributed by atoms with van der Waals surface area (Å²) < 4.78 is 5.19. The summed E-state index contributed by atoms with van der Waals surface area (Å²) in [6, 6.07) is 15.7. The molecule has 0 aliphatic carbocycles. The van der Waals surface area contributed by atoms with Gasteiger partial charge in [0.1, 0.15) is 5.75 Å². The highest BCUT2D eigenvalue weighted by Crippen LogP contribution is 2.26. The smallest absolute Gasteiger partial charge is 0.159 e. The van der Waals surface area contributed by atoms with E-state index in [1.54, 1.807) is 7.11 Å². The minimum Gasteiger partial charge on any atom is -0.497 e. The molecule has 0 radical (unpaired) electrons. The number of nitrogens with one attached hydrogen (secondary N) is 1. The largest absolute Gasteiger partial charge is 0.497 e. The minimum absolute atomic E-state index is 0.112. The first-order valence-corrected chi connectivity index (χ1v) is 6.76. The van der Waals surface area contributed by atoms with Gasteiger partial charge in [-0.25, -0.2) is 0 Å². The van der Waals surface area contributed by atoms with Gasteiger partial charge < -0.3 is 10.1 Å². The van der Waals surface area contributed by atoms with Crippen LogP contribution in [0.3, 0.4) is 0 Å². The number of ether oxygens (including phenoxy) is 1. The second kappa shape index (κ2) is 5.37. The zero-order valence-corrected chi connectivity index (χ0v) is 11.4. The molecule has 0 fully saturated rings. The van der Waals surface area contributed by atoms with Gasteiger partial charge in [0.05, 0.1) is 13.2 Å². The van der Waals surface area contributed by atoms with Crippen LogP contribution in [0.25, 0.3) is 0 Å². The van der Waals surface area contributed by atoms with E-state index in [-0.39, 0.29) is 11.8 Å². The normalized spacial score (nSPS) is 16.4. The molecule has 0 saturated heterocycles. The molecule has 2 aromatic carbocycles. The van der Waals surface area contributed by atoms with Gasteiger partial charge in [-0.1, -0.05) is 30.3 Å². The number of carbonyl (C=O) groups excluding carboxylic acids is 1. The lowest BCUT2D eigenvalue weighted by Gasteiger charge is -2.10. The molecule has 0 aromatic heterocycles. The molecule has 0 amide bonds. The molecular weight excluding hydrogens is 250 g/mol. The minimum atomic E-state index is -0.112. The summed E-state index contributed by atoms with van der Waals surface area (Å²) in [6.45, 7) is 0. The average molecular weight is 267 g/mol. The maximum absolute atomic E-state index is 12.4. The zero-order chi connectivity index (χ0) is 13.9. The van der Waals surface area contributed by atoms with Crippen LogP contribution in [0.15, 0.2) is 48.5 Å². The molecule has 0 bridgehead atoms. The lowest BCUT2D eigenvalue weighted by molar-refractivity contribution is -0.119. The van der Waals surface area contributed by atoms with Gasteiger partial charge in [0.25, 0.3) is 0 Å². The van der Waals surface area contributed by atoms with Crippen LogP contribution in [0.4, 0.5) is 5.69 Å². The third-order valence-corrected chi connectivity index (χ3v) is 3.67. The monoisotopic (exact) mass is 267 g/mol. The predicted octanol–water partition coefficient (Wildman–Crippen LogP) is 2.84. The highest BCUT2D eigenvalue weighted by molar-refractivity contribution is 5.90. The van der Waals surface area contributed by atoms with Crippen molar-refractivity contribution in [3.05, 3.63) is 59.7 Å². The van der Waals surface area contributed by atoms with E-state index in [2.05, 4.69) is 11.4 Å². The molecule has 1 atom stereocenters. The summed E-state index contributed by atoms with van der Waals surface area (Å²) >= 11 is 0. The zero-order valence-electron chi connectivity index (χ0n) is 11.4. The van der Waals surface area contributed by atoms with Crippen LogP contribution >= 0.6 is 0 Å². The van der Waals surface area contributed by atoms with E-state index in [0.717, 1.165) is 23.4 Å². The van der Waals surface area contributed by atoms with E-state index in [1.165, 1.54) is 5.56 Å². The lowest BCUT2D eigenvalue weighted by Crippen LogP contribution is -2.28. The maximum atomic E-state index is 12.4. The standard InChI is InChI=1S/C17H17NO2/c1-20-14-7-4-5-12(9-14)10-17(19)16-11-13-6-2-3-8-15(13)18-16/h2-9,16,18H,10-11H2,1H3. The van der Waals surface area contributed by atoms with Crippen LogP contribution < -0.4 is 10.1 Å². The van der Waals surface area contributed by atoms with Crippen molar-refractivity contribution in [3.8, 4) is 5.75 Å². The van der Waals surface area contributed by atoms with Crippen molar-refractivity contribution in [1.82, 2.24) is 0 Å². The van der Waals surface area contributed by atoms with Gasteiger partial charge in [0, 0.05) is 18.5 Å². The predicted molar refractivity (Wildman–Crippen MR) is 79.3 cm³/mol. The maximum Gasteiger partial charge on any atom is 0.159 e. The van der Waals surface area contributed by atoms with Crippen LogP contribution in [-0.4, -0.2) is 18.9 Å². The summed E-state index contributed by atoms with van der Waals surface area (Å²) in [7, 11) is 1.64. The first kappa shape index (κ1) is 12.7. The Hall–Kier alpha value is -2.29. The van der Waals surface area contributed by atoms with E-state index in [4.69, 9.17) is 4.74 Å². The average Bonchev–Trinajstić information content (AvgIpc) is 2.91. The molecule has 1 unspecified atom stereocenters. The fraction of sp³-hybridized carbons (Fsp3) is 0.235. The van der Waals surface area contributed by atoms with E-state index in [1.807, 2.05) is 42.5 Å². The van der Waals surface area contributed by atoms with Gasteiger partial charge in [-0.3, -0.25) is 4.79 Å². The number of anilines is 1. The van der Waals surface area contributed by atoms with Crippen molar-refractivity contribution < 1.29 is 9.53 Å². The second-order valence-electron chi connectivity index (χ2n) is 5.05. The summed E-state index contributed by atoms with van der Waals surface area (Å²) in [4.78, 5) is 12.4. The summed E-state index contributed by atoms with van der Waals surface area (Å²) in [5.74, 6) is 1.01. The molecule has 2 aromatic rings. The Kier molecular flexibility index (Phi) is 3.42. The van der Waals surface area contributed by atoms with E-state index in [0.29, 0.717) is 6.42 Å². The van der Waals surface area contributed by atoms with E-state index >= 15 is 0 Å². The SMILES string of the molecule is COc1cccc(CC(=O)C2Cc3ccccc3N2)c1. The molecule has 0 saturated carbocycles. The number of methoxy groups -OCH3 is 1.